The van der Waals surface area contributed by atoms with Crippen LogP contribution < -0.4 is 10.6 Å². The molecule has 0 unspecified atom stereocenters. The molecule has 1 heterocycles. The van der Waals surface area contributed by atoms with E-state index >= 15 is 0 Å². The zero-order valence-corrected chi connectivity index (χ0v) is 18.1. The van der Waals surface area contributed by atoms with Gasteiger partial charge >= 0.3 is 0 Å². The van der Waals surface area contributed by atoms with Gasteiger partial charge in [0.25, 0.3) is 11.8 Å². The minimum Gasteiger partial charge on any atom is -0.350 e. The Morgan fingerprint density at radius 1 is 1.03 bits per heavy atom. The lowest BCUT2D eigenvalue weighted by Gasteiger charge is -2.11. The van der Waals surface area contributed by atoms with E-state index in [1.54, 1.807) is 10.9 Å². The summed E-state index contributed by atoms with van der Waals surface area (Å²) in [7, 11) is 0. The fraction of sp³-hybridized carbons (Fsp3) is 0.240. The van der Waals surface area contributed by atoms with Crippen molar-refractivity contribution in [1.82, 2.24) is 15.1 Å². The molecular formula is C25H28N4O2. The van der Waals surface area contributed by atoms with E-state index in [0.717, 1.165) is 11.1 Å². The number of hydrogen-bond donors (Lipinski definition) is 2. The molecule has 6 nitrogen and oxygen atoms in total. The molecule has 0 spiro atoms. The number of aromatic nitrogens is 2. The minimum atomic E-state index is -0.302. The number of carbonyl (C=O) groups is 2. The van der Waals surface area contributed by atoms with Crippen molar-refractivity contribution in [3.05, 3.63) is 83.7 Å². The Bertz CT molecular complexity index is 1050. The lowest BCUT2D eigenvalue weighted by molar-refractivity contribution is -0.111. The molecule has 2 amide bonds. The van der Waals surface area contributed by atoms with Crippen LogP contribution in [0.25, 0.3) is 11.6 Å². The van der Waals surface area contributed by atoms with E-state index in [2.05, 4.69) is 15.7 Å². The van der Waals surface area contributed by atoms with Crippen LogP contribution in [0.2, 0.25) is 0 Å². The number of hydrogen-bond acceptors (Lipinski definition) is 3. The van der Waals surface area contributed by atoms with Gasteiger partial charge in [-0.05, 0) is 30.0 Å². The molecule has 2 N–H and O–H groups in total. The summed E-state index contributed by atoms with van der Waals surface area (Å²) in [6.45, 7) is 7.10. The topological polar surface area (TPSA) is 76.0 Å². The van der Waals surface area contributed by atoms with E-state index in [-0.39, 0.29) is 17.5 Å². The van der Waals surface area contributed by atoms with Gasteiger partial charge < -0.3 is 10.6 Å². The maximum absolute atomic E-state index is 13.3. The summed E-state index contributed by atoms with van der Waals surface area (Å²) in [6, 6.07) is 19.1. The molecule has 0 aliphatic rings. The van der Waals surface area contributed by atoms with Crippen molar-refractivity contribution in [3.63, 3.8) is 0 Å². The first-order chi connectivity index (χ1) is 15.0. The Kier molecular flexibility index (Phi) is 7.38. The van der Waals surface area contributed by atoms with E-state index in [1.807, 2.05) is 87.5 Å². The van der Waals surface area contributed by atoms with Gasteiger partial charge in [0.15, 0.2) is 5.69 Å². The average molecular weight is 417 g/mol. The third-order valence-electron chi connectivity index (χ3n) is 4.66. The van der Waals surface area contributed by atoms with Crippen LogP contribution in [0.1, 0.15) is 42.4 Å². The van der Waals surface area contributed by atoms with Crippen LogP contribution in [-0.4, -0.2) is 28.1 Å². The maximum atomic E-state index is 13.3. The second-order valence-electron chi connectivity index (χ2n) is 7.64. The molecule has 6 heteroatoms. The van der Waals surface area contributed by atoms with E-state index in [9.17, 15) is 9.59 Å². The highest BCUT2D eigenvalue weighted by molar-refractivity contribution is 6.29. The first kappa shape index (κ1) is 22.0. The SMILES string of the molecule is CCn1cc(NC(=O)/C(=C\c2ccccc2)c2ccccc2)c(C(=O)NCC(C)C)n1. The number of nitrogens with one attached hydrogen (secondary N) is 2. The molecule has 0 fully saturated rings. The molecule has 3 rings (SSSR count). The van der Waals surface area contributed by atoms with Crippen molar-refractivity contribution in [2.75, 3.05) is 11.9 Å². The second kappa shape index (κ2) is 10.4. The zero-order chi connectivity index (χ0) is 22.2. The van der Waals surface area contributed by atoms with Gasteiger partial charge in [-0.25, -0.2) is 0 Å². The van der Waals surface area contributed by atoms with Gasteiger partial charge in [0.1, 0.15) is 0 Å². The minimum absolute atomic E-state index is 0.211. The van der Waals surface area contributed by atoms with Gasteiger partial charge in [0, 0.05) is 24.9 Å². The highest BCUT2D eigenvalue weighted by atomic mass is 16.2. The fourth-order valence-electron chi connectivity index (χ4n) is 3.03. The number of aryl methyl sites for hydroxylation is 1. The number of nitrogens with zero attached hydrogens (tertiary/aromatic N) is 2. The van der Waals surface area contributed by atoms with Gasteiger partial charge in [-0.15, -0.1) is 0 Å². The van der Waals surface area contributed by atoms with E-state index < -0.39 is 0 Å². The molecule has 0 aliphatic heterocycles. The third kappa shape index (κ3) is 5.92. The van der Waals surface area contributed by atoms with Crippen LogP contribution in [-0.2, 0) is 11.3 Å². The normalized spacial score (nSPS) is 11.4. The van der Waals surface area contributed by atoms with Gasteiger partial charge in [-0.2, -0.15) is 5.10 Å². The summed E-state index contributed by atoms with van der Waals surface area (Å²) in [5, 5.41) is 10.1. The summed E-state index contributed by atoms with van der Waals surface area (Å²) in [6.07, 6.45) is 3.53. The third-order valence-corrected chi connectivity index (χ3v) is 4.66. The molecule has 0 saturated heterocycles. The van der Waals surface area contributed by atoms with Crippen LogP contribution >= 0.6 is 0 Å². The molecule has 0 atom stereocenters. The predicted molar refractivity (Wildman–Crippen MR) is 124 cm³/mol. The van der Waals surface area contributed by atoms with E-state index in [1.165, 1.54) is 0 Å². The van der Waals surface area contributed by atoms with Gasteiger partial charge in [-0.1, -0.05) is 74.5 Å². The van der Waals surface area contributed by atoms with Gasteiger partial charge in [-0.3, -0.25) is 14.3 Å². The first-order valence-corrected chi connectivity index (χ1v) is 10.5. The van der Waals surface area contributed by atoms with E-state index in [4.69, 9.17) is 0 Å². The first-order valence-electron chi connectivity index (χ1n) is 10.5. The number of amides is 2. The Morgan fingerprint density at radius 2 is 1.68 bits per heavy atom. The fourth-order valence-corrected chi connectivity index (χ4v) is 3.03. The highest BCUT2D eigenvalue weighted by Gasteiger charge is 2.21. The number of carbonyl (C=O) groups excluding carboxylic acids is 2. The van der Waals surface area contributed by atoms with Crippen LogP contribution in [0.4, 0.5) is 5.69 Å². The molecule has 3 aromatic rings. The molecule has 0 aliphatic carbocycles. The van der Waals surface area contributed by atoms with Crippen LogP contribution in [0.15, 0.2) is 66.9 Å². The zero-order valence-electron chi connectivity index (χ0n) is 18.1. The lowest BCUT2D eigenvalue weighted by Crippen LogP contribution is -2.29. The molecule has 0 radical (unpaired) electrons. The number of anilines is 1. The Hall–Kier alpha value is -3.67. The molecule has 1 aromatic heterocycles. The van der Waals surface area contributed by atoms with Crippen molar-refractivity contribution in [2.24, 2.45) is 5.92 Å². The van der Waals surface area contributed by atoms with Crippen molar-refractivity contribution < 1.29 is 9.59 Å². The monoisotopic (exact) mass is 416 g/mol. The quantitative estimate of drug-likeness (QED) is 0.420. The summed E-state index contributed by atoms with van der Waals surface area (Å²) < 4.78 is 1.64. The predicted octanol–water partition coefficient (Wildman–Crippen LogP) is 4.47. The Morgan fingerprint density at radius 3 is 2.29 bits per heavy atom. The number of rotatable bonds is 8. The van der Waals surface area contributed by atoms with Crippen molar-refractivity contribution >= 4 is 29.2 Å². The molecule has 2 aromatic carbocycles. The van der Waals surface area contributed by atoms with Crippen LogP contribution in [0.5, 0.6) is 0 Å². The number of benzene rings is 2. The standard InChI is InChI=1S/C25H28N4O2/c1-4-29-17-22(23(28-29)25(31)26-16-18(2)3)27-24(30)21(20-13-9-6-10-14-20)15-19-11-7-5-8-12-19/h5-15,17-18H,4,16H2,1-3H3,(H,26,31)(H,27,30)/b21-15-. The smallest absolute Gasteiger partial charge is 0.273 e. The summed E-state index contributed by atoms with van der Waals surface area (Å²) in [4.78, 5) is 26.0. The van der Waals surface area contributed by atoms with Crippen LogP contribution in [0, 0.1) is 5.92 Å². The Labute approximate surface area is 183 Å². The van der Waals surface area contributed by atoms with E-state index in [0.29, 0.717) is 30.3 Å². The largest absolute Gasteiger partial charge is 0.350 e. The summed E-state index contributed by atoms with van der Waals surface area (Å²) >= 11 is 0. The molecular weight excluding hydrogens is 388 g/mol. The average Bonchev–Trinajstić information content (AvgIpc) is 3.20. The lowest BCUT2D eigenvalue weighted by atomic mass is 10.0. The summed E-state index contributed by atoms with van der Waals surface area (Å²) in [5.41, 5.74) is 2.81. The maximum Gasteiger partial charge on any atom is 0.273 e. The van der Waals surface area contributed by atoms with Crippen LogP contribution in [0.3, 0.4) is 0 Å². The second-order valence-corrected chi connectivity index (χ2v) is 7.64. The molecule has 0 saturated carbocycles. The molecule has 160 valence electrons. The van der Waals surface area contributed by atoms with Crippen molar-refractivity contribution in [3.8, 4) is 0 Å². The van der Waals surface area contributed by atoms with Gasteiger partial charge in [0.2, 0.25) is 0 Å². The Balaban J connectivity index is 1.93. The van der Waals surface area contributed by atoms with Gasteiger partial charge in [0.05, 0.1) is 5.69 Å². The highest BCUT2D eigenvalue weighted by Crippen LogP contribution is 2.22. The van der Waals surface area contributed by atoms with Crippen molar-refractivity contribution in [1.29, 1.82) is 0 Å². The molecule has 31 heavy (non-hydrogen) atoms. The summed E-state index contributed by atoms with van der Waals surface area (Å²) in [5.74, 6) is -0.290. The van der Waals surface area contributed by atoms with Crippen molar-refractivity contribution in [2.45, 2.75) is 27.3 Å². The molecule has 0 bridgehead atoms.